The molecular weight excluding hydrogens is 398 g/mol. The molecule has 0 unspecified atom stereocenters. The summed E-state index contributed by atoms with van der Waals surface area (Å²) in [6.45, 7) is 11.5. The number of pyridine rings is 1. The van der Waals surface area contributed by atoms with E-state index < -0.39 is 0 Å². The summed E-state index contributed by atoms with van der Waals surface area (Å²) >= 11 is 0. The van der Waals surface area contributed by atoms with Crippen molar-refractivity contribution in [1.29, 1.82) is 0 Å². The van der Waals surface area contributed by atoms with Crippen LogP contribution in [0.15, 0.2) is 72.9 Å². The van der Waals surface area contributed by atoms with Crippen molar-refractivity contribution in [2.75, 3.05) is 29.5 Å². The molecule has 0 aliphatic heterocycles. The lowest BCUT2D eigenvalue weighted by molar-refractivity contribution is 0.0984. The third-order valence-corrected chi connectivity index (χ3v) is 5.26. The van der Waals surface area contributed by atoms with Gasteiger partial charge in [-0.05, 0) is 73.9 Å². The summed E-state index contributed by atoms with van der Waals surface area (Å²) in [5, 5.41) is 0. The van der Waals surface area contributed by atoms with Crippen molar-refractivity contribution >= 4 is 17.4 Å². The van der Waals surface area contributed by atoms with E-state index in [-0.39, 0.29) is 5.91 Å². The first-order valence-corrected chi connectivity index (χ1v) is 11.3. The van der Waals surface area contributed by atoms with E-state index in [2.05, 4.69) is 61.8 Å². The van der Waals surface area contributed by atoms with Gasteiger partial charge < -0.3 is 9.64 Å². The van der Waals surface area contributed by atoms with E-state index >= 15 is 0 Å². The summed E-state index contributed by atoms with van der Waals surface area (Å²) in [6, 6.07) is 21.3. The standard InChI is InChI=1S/C27H33N3O2/c1-5-29(6-2)24-14-10-22(11-15-24)19-30(26-9-7-8-18-28-26)27(31)23-12-16-25(17-13-23)32-20-21(3)4/h7-18,21H,5-6,19-20H2,1-4H3. The van der Waals surface area contributed by atoms with E-state index in [1.54, 1.807) is 11.1 Å². The third-order valence-electron chi connectivity index (χ3n) is 5.26. The monoisotopic (exact) mass is 431 g/mol. The van der Waals surface area contributed by atoms with Crippen molar-refractivity contribution in [1.82, 2.24) is 4.98 Å². The Morgan fingerprint density at radius 3 is 2.19 bits per heavy atom. The SMILES string of the molecule is CCN(CC)c1ccc(CN(C(=O)c2ccc(OCC(C)C)cc2)c2ccccn2)cc1. The maximum Gasteiger partial charge on any atom is 0.259 e. The van der Waals surface area contributed by atoms with E-state index in [0.717, 1.165) is 24.4 Å². The van der Waals surface area contributed by atoms with E-state index in [4.69, 9.17) is 4.74 Å². The van der Waals surface area contributed by atoms with Crippen LogP contribution in [0.4, 0.5) is 11.5 Å². The molecule has 0 aliphatic rings. The van der Waals surface area contributed by atoms with Crippen molar-refractivity contribution in [2.24, 2.45) is 5.92 Å². The number of benzene rings is 2. The van der Waals surface area contributed by atoms with Gasteiger partial charge in [-0.3, -0.25) is 9.69 Å². The van der Waals surface area contributed by atoms with Crippen LogP contribution in [-0.2, 0) is 6.54 Å². The van der Waals surface area contributed by atoms with Crippen LogP contribution in [0, 0.1) is 5.92 Å². The summed E-state index contributed by atoms with van der Waals surface area (Å²) in [4.78, 5) is 21.9. The molecule has 0 atom stereocenters. The zero-order chi connectivity index (χ0) is 22.9. The Balaban J connectivity index is 1.81. The Bertz CT molecular complexity index is 966. The van der Waals surface area contributed by atoms with Crippen LogP contribution < -0.4 is 14.5 Å². The van der Waals surface area contributed by atoms with E-state index in [0.29, 0.717) is 30.5 Å². The van der Waals surface area contributed by atoms with Gasteiger partial charge in [0.25, 0.3) is 5.91 Å². The van der Waals surface area contributed by atoms with Crippen molar-refractivity contribution in [3.8, 4) is 5.75 Å². The molecule has 5 heteroatoms. The Morgan fingerprint density at radius 2 is 1.62 bits per heavy atom. The van der Waals surface area contributed by atoms with Crippen LogP contribution in [0.3, 0.4) is 0 Å². The number of amides is 1. The molecule has 3 aromatic rings. The normalized spacial score (nSPS) is 10.8. The Morgan fingerprint density at radius 1 is 0.938 bits per heavy atom. The van der Waals surface area contributed by atoms with Gasteiger partial charge in [0.1, 0.15) is 11.6 Å². The van der Waals surface area contributed by atoms with Gasteiger partial charge in [0.2, 0.25) is 0 Å². The topological polar surface area (TPSA) is 45.7 Å². The summed E-state index contributed by atoms with van der Waals surface area (Å²) in [6.07, 6.45) is 1.71. The smallest absolute Gasteiger partial charge is 0.259 e. The van der Waals surface area contributed by atoms with Crippen LogP contribution in [0.1, 0.15) is 43.6 Å². The molecule has 0 saturated carbocycles. The zero-order valence-electron chi connectivity index (χ0n) is 19.5. The second kappa shape index (κ2) is 11.3. The molecule has 0 spiro atoms. The van der Waals surface area contributed by atoms with Crippen molar-refractivity contribution in [2.45, 2.75) is 34.2 Å². The van der Waals surface area contributed by atoms with Gasteiger partial charge in [0, 0.05) is 30.5 Å². The van der Waals surface area contributed by atoms with Crippen molar-refractivity contribution in [3.05, 3.63) is 84.1 Å². The van der Waals surface area contributed by atoms with Crippen molar-refractivity contribution < 1.29 is 9.53 Å². The average Bonchev–Trinajstić information content (AvgIpc) is 2.83. The fraction of sp³-hybridized carbons (Fsp3) is 0.333. The maximum atomic E-state index is 13.4. The van der Waals surface area contributed by atoms with Crippen LogP contribution in [0.2, 0.25) is 0 Å². The fourth-order valence-corrected chi connectivity index (χ4v) is 3.47. The van der Waals surface area contributed by atoms with Gasteiger partial charge in [-0.25, -0.2) is 4.98 Å². The fourth-order valence-electron chi connectivity index (χ4n) is 3.47. The molecule has 0 fully saturated rings. The number of carbonyl (C=O) groups is 1. The minimum Gasteiger partial charge on any atom is -0.493 e. The number of anilines is 2. The number of nitrogens with zero attached hydrogens (tertiary/aromatic N) is 3. The van der Waals surface area contributed by atoms with E-state index in [1.807, 2.05) is 42.5 Å². The molecule has 0 bridgehead atoms. The second-order valence-corrected chi connectivity index (χ2v) is 8.15. The molecule has 0 N–H and O–H groups in total. The molecule has 3 rings (SSSR count). The first-order valence-electron chi connectivity index (χ1n) is 11.3. The molecule has 168 valence electrons. The molecule has 32 heavy (non-hydrogen) atoms. The highest BCUT2D eigenvalue weighted by atomic mass is 16.5. The molecule has 0 radical (unpaired) electrons. The lowest BCUT2D eigenvalue weighted by Crippen LogP contribution is -2.31. The molecule has 0 saturated heterocycles. The molecule has 1 amide bonds. The number of aromatic nitrogens is 1. The maximum absolute atomic E-state index is 13.4. The molecule has 2 aromatic carbocycles. The first kappa shape index (κ1) is 23.3. The predicted molar refractivity (Wildman–Crippen MR) is 132 cm³/mol. The minimum absolute atomic E-state index is 0.0908. The largest absolute Gasteiger partial charge is 0.493 e. The highest BCUT2D eigenvalue weighted by molar-refractivity contribution is 6.05. The van der Waals surface area contributed by atoms with Crippen LogP contribution in [-0.4, -0.2) is 30.6 Å². The Hall–Kier alpha value is -3.34. The summed E-state index contributed by atoms with van der Waals surface area (Å²) in [5.74, 6) is 1.76. The summed E-state index contributed by atoms with van der Waals surface area (Å²) < 4.78 is 5.75. The van der Waals surface area contributed by atoms with Gasteiger partial charge in [-0.1, -0.05) is 32.0 Å². The molecule has 5 nitrogen and oxygen atoms in total. The zero-order valence-corrected chi connectivity index (χ0v) is 19.5. The van der Waals surface area contributed by atoms with E-state index in [1.165, 1.54) is 5.69 Å². The number of ether oxygens (including phenoxy) is 1. The predicted octanol–water partition coefficient (Wildman–Crippen LogP) is 5.81. The number of carbonyl (C=O) groups excluding carboxylic acids is 1. The number of rotatable bonds is 10. The average molecular weight is 432 g/mol. The van der Waals surface area contributed by atoms with Crippen LogP contribution >= 0.6 is 0 Å². The number of hydrogen-bond donors (Lipinski definition) is 0. The Kier molecular flexibility index (Phi) is 8.26. The van der Waals surface area contributed by atoms with E-state index in [9.17, 15) is 4.79 Å². The summed E-state index contributed by atoms with van der Waals surface area (Å²) in [7, 11) is 0. The highest BCUT2D eigenvalue weighted by Crippen LogP contribution is 2.22. The lowest BCUT2D eigenvalue weighted by atomic mass is 10.1. The lowest BCUT2D eigenvalue weighted by Gasteiger charge is -2.24. The van der Waals surface area contributed by atoms with Gasteiger partial charge in [0.15, 0.2) is 0 Å². The quantitative estimate of drug-likeness (QED) is 0.406. The van der Waals surface area contributed by atoms with Gasteiger partial charge in [-0.15, -0.1) is 0 Å². The second-order valence-electron chi connectivity index (χ2n) is 8.15. The molecular formula is C27H33N3O2. The van der Waals surface area contributed by atoms with Gasteiger partial charge in [0.05, 0.1) is 13.2 Å². The first-order chi connectivity index (χ1) is 15.5. The Labute approximate surface area is 191 Å². The van der Waals surface area contributed by atoms with Gasteiger partial charge in [-0.2, -0.15) is 0 Å². The molecule has 1 heterocycles. The minimum atomic E-state index is -0.0908. The third kappa shape index (κ3) is 6.10. The highest BCUT2D eigenvalue weighted by Gasteiger charge is 2.19. The number of hydrogen-bond acceptors (Lipinski definition) is 4. The van der Waals surface area contributed by atoms with Crippen LogP contribution in [0.5, 0.6) is 5.75 Å². The molecule has 0 aliphatic carbocycles. The summed E-state index contributed by atoms with van der Waals surface area (Å²) in [5.41, 5.74) is 2.84. The molecule has 1 aromatic heterocycles. The van der Waals surface area contributed by atoms with Crippen molar-refractivity contribution in [3.63, 3.8) is 0 Å². The van der Waals surface area contributed by atoms with Gasteiger partial charge >= 0.3 is 0 Å². The van der Waals surface area contributed by atoms with Crippen LogP contribution in [0.25, 0.3) is 0 Å².